The van der Waals surface area contributed by atoms with E-state index in [1.54, 1.807) is 0 Å². The van der Waals surface area contributed by atoms with Crippen LogP contribution >= 0.6 is 0 Å². The van der Waals surface area contributed by atoms with E-state index in [1.165, 1.54) is 6.21 Å². The molecule has 0 bridgehead atoms. The highest BCUT2D eigenvalue weighted by atomic mass is 16.4. The first-order valence-corrected chi connectivity index (χ1v) is 2.35. The molecule has 0 aromatic carbocycles. The van der Waals surface area contributed by atoms with Gasteiger partial charge in [-0.2, -0.15) is 5.10 Å². The van der Waals surface area contributed by atoms with Gasteiger partial charge in [0.25, 0.3) is 5.91 Å². The van der Waals surface area contributed by atoms with Gasteiger partial charge in [-0.15, -0.1) is 5.16 Å². The number of hydrogen-bond donors (Lipinski definition) is 2. The van der Waals surface area contributed by atoms with Gasteiger partial charge in [0.2, 0.25) is 0 Å². The molecule has 9 heavy (non-hydrogen) atoms. The molecule has 1 amide bonds. The van der Waals surface area contributed by atoms with Gasteiger partial charge in [0.15, 0.2) is 0 Å². The third-order valence-electron chi connectivity index (χ3n) is 0.940. The van der Waals surface area contributed by atoms with E-state index in [0.29, 0.717) is 0 Å². The minimum Gasteiger partial charge on any atom is -0.411 e. The number of hydrazone groups is 1. The highest BCUT2D eigenvalue weighted by Crippen LogP contribution is 1.93. The quantitative estimate of drug-likeness (QED) is 0.274. The van der Waals surface area contributed by atoms with Crippen LogP contribution in [0.5, 0.6) is 0 Å². The Kier molecular flexibility index (Phi) is 1.44. The van der Waals surface area contributed by atoms with Crippen LogP contribution in [0.2, 0.25) is 0 Å². The maximum absolute atomic E-state index is 10.5. The molecule has 2 N–H and O–H groups in total. The second-order valence-corrected chi connectivity index (χ2v) is 1.54. The smallest absolute Gasteiger partial charge is 0.254 e. The van der Waals surface area contributed by atoms with E-state index in [9.17, 15) is 4.79 Å². The van der Waals surface area contributed by atoms with Gasteiger partial charge >= 0.3 is 0 Å². The van der Waals surface area contributed by atoms with Crippen molar-refractivity contribution in [3.8, 4) is 0 Å². The Labute approximate surface area is 51.0 Å². The molecule has 0 aliphatic carbocycles. The Hall–Kier alpha value is -1.39. The molecule has 1 aliphatic rings. The highest BCUT2D eigenvalue weighted by Gasteiger charge is 2.17. The number of hydrogen-bond acceptors (Lipinski definition) is 4. The molecular weight excluding hydrogens is 122 g/mol. The van der Waals surface area contributed by atoms with Crippen LogP contribution in [-0.2, 0) is 4.79 Å². The summed E-state index contributed by atoms with van der Waals surface area (Å²) in [4.78, 5) is 10.5. The van der Waals surface area contributed by atoms with Crippen molar-refractivity contribution in [3.05, 3.63) is 0 Å². The summed E-state index contributed by atoms with van der Waals surface area (Å²) in [7, 11) is 0. The first-order chi connectivity index (χ1) is 4.34. The number of rotatable bonds is 1. The largest absolute Gasteiger partial charge is 0.411 e. The van der Waals surface area contributed by atoms with Crippen LogP contribution in [-0.4, -0.2) is 23.5 Å². The van der Waals surface area contributed by atoms with Crippen LogP contribution < -0.4 is 5.43 Å². The van der Waals surface area contributed by atoms with Crippen LogP contribution in [0, 0.1) is 5.92 Å². The Morgan fingerprint density at radius 2 is 2.78 bits per heavy atom. The lowest BCUT2D eigenvalue weighted by atomic mass is 10.2. The number of oxime groups is 1. The zero-order valence-electron chi connectivity index (χ0n) is 4.48. The summed E-state index contributed by atoms with van der Waals surface area (Å²) in [6.07, 6.45) is 2.47. The Balaban J connectivity index is 2.59. The number of carbonyl (C=O) groups is 1. The summed E-state index contributed by atoms with van der Waals surface area (Å²) in [5.41, 5.74) is 2.18. The Morgan fingerprint density at radius 1 is 2.00 bits per heavy atom. The minimum absolute atomic E-state index is 0.271. The molecule has 48 valence electrons. The monoisotopic (exact) mass is 127 g/mol. The zero-order valence-corrected chi connectivity index (χ0v) is 4.48. The maximum atomic E-state index is 10.5. The lowest BCUT2D eigenvalue weighted by molar-refractivity contribution is -0.120. The summed E-state index contributed by atoms with van der Waals surface area (Å²) in [6.45, 7) is 0. The van der Waals surface area contributed by atoms with Crippen LogP contribution in [0.1, 0.15) is 0 Å². The van der Waals surface area contributed by atoms with Crippen molar-refractivity contribution in [1.82, 2.24) is 5.43 Å². The van der Waals surface area contributed by atoms with Crippen molar-refractivity contribution in [2.45, 2.75) is 0 Å². The normalized spacial score (nSPS) is 25.3. The molecule has 1 rings (SSSR count). The van der Waals surface area contributed by atoms with Crippen LogP contribution in [0.25, 0.3) is 0 Å². The molecule has 0 fully saturated rings. The lowest BCUT2D eigenvalue weighted by Crippen LogP contribution is -2.20. The van der Waals surface area contributed by atoms with Gasteiger partial charge in [-0.25, -0.2) is 5.43 Å². The van der Waals surface area contributed by atoms with E-state index in [0.717, 1.165) is 6.21 Å². The zero-order chi connectivity index (χ0) is 6.69. The fourth-order valence-corrected chi connectivity index (χ4v) is 0.501. The fraction of sp³-hybridized carbons (Fsp3) is 0.250. The molecule has 1 heterocycles. The molecule has 0 radical (unpaired) electrons. The van der Waals surface area contributed by atoms with Crippen LogP contribution in [0.4, 0.5) is 0 Å². The predicted molar refractivity (Wildman–Crippen MR) is 30.4 cm³/mol. The van der Waals surface area contributed by atoms with Crippen molar-refractivity contribution in [2.24, 2.45) is 16.2 Å². The molecule has 0 unspecified atom stereocenters. The van der Waals surface area contributed by atoms with Crippen molar-refractivity contribution >= 4 is 18.3 Å². The van der Waals surface area contributed by atoms with E-state index in [4.69, 9.17) is 5.21 Å². The van der Waals surface area contributed by atoms with Gasteiger partial charge in [-0.1, -0.05) is 0 Å². The molecule has 5 heteroatoms. The minimum atomic E-state index is -0.505. The topological polar surface area (TPSA) is 74.0 Å². The number of carbonyl (C=O) groups excluding carboxylic acids is 1. The molecule has 0 aromatic rings. The van der Waals surface area contributed by atoms with Crippen molar-refractivity contribution in [3.63, 3.8) is 0 Å². The third kappa shape index (κ3) is 1.04. The van der Waals surface area contributed by atoms with E-state index < -0.39 is 5.92 Å². The Bertz CT molecular complexity index is 175. The van der Waals surface area contributed by atoms with Gasteiger partial charge in [-0.3, -0.25) is 4.79 Å². The van der Waals surface area contributed by atoms with E-state index in [2.05, 4.69) is 15.7 Å². The van der Waals surface area contributed by atoms with Crippen LogP contribution in [0.15, 0.2) is 10.3 Å². The molecule has 0 aromatic heterocycles. The summed E-state index contributed by atoms with van der Waals surface area (Å²) in [6, 6.07) is 0. The van der Waals surface area contributed by atoms with Crippen molar-refractivity contribution in [2.75, 3.05) is 0 Å². The Morgan fingerprint density at radius 3 is 3.22 bits per heavy atom. The molecular formula is C4H5N3O2. The highest BCUT2D eigenvalue weighted by molar-refractivity contribution is 6.10. The fourth-order valence-electron chi connectivity index (χ4n) is 0.501. The third-order valence-corrected chi connectivity index (χ3v) is 0.940. The van der Waals surface area contributed by atoms with E-state index >= 15 is 0 Å². The maximum Gasteiger partial charge on any atom is 0.254 e. The average molecular weight is 127 g/mol. The van der Waals surface area contributed by atoms with Crippen molar-refractivity contribution < 1.29 is 10.0 Å². The molecule has 0 saturated carbocycles. The predicted octanol–water partition coefficient (Wildman–Crippen LogP) is -0.822. The van der Waals surface area contributed by atoms with Gasteiger partial charge in [0.1, 0.15) is 5.92 Å². The SMILES string of the molecule is O=C1NN=C[C@@H]1/C=N\O. The molecule has 0 saturated heterocycles. The molecule has 1 atom stereocenters. The first kappa shape index (κ1) is 5.74. The number of nitrogens with one attached hydrogen (secondary N) is 1. The molecule has 0 spiro atoms. The summed E-state index contributed by atoms with van der Waals surface area (Å²) in [5, 5.41) is 14.1. The molecule has 1 aliphatic heterocycles. The first-order valence-electron chi connectivity index (χ1n) is 2.35. The number of amides is 1. The second kappa shape index (κ2) is 2.25. The van der Waals surface area contributed by atoms with Gasteiger partial charge in [-0.05, 0) is 0 Å². The van der Waals surface area contributed by atoms with Crippen LogP contribution in [0.3, 0.4) is 0 Å². The second-order valence-electron chi connectivity index (χ2n) is 1.54. The standard InChI is InChI=1S/C4H5N3O2/c8-4-3(2-6-9)1-5-7-4/h1-3,9H,(H,7,8)/b6-2-/t3-/m1/s1. The number of nitrogens with zero attached hydrogens (tertiary/aromatic N) is 2. The summed E-state index contributed by atoms with van der Waals surface area (Å²) in [5.74, 6) is -0.775. The van der Waals surface area contributed by atoms with Gasteiger partial charge in [0.05, 0.1) is 6.21 Å². The van der Waals surface area contributed by atoms with Gasteiger partial charge in [0, 0.05) is 6.21 Å². The lowest BCUT2D eigenvalue weighted by Gasteiger charge is -1.90. The average Bonchev–Trinajstić information content (AvgIpc) is 2.18. The summed E-state index contributed by atoms with van der Waals surface area (Å²) >= 11 is 0. The van der Waals surface area contributed by atoms with E-state index in [-0.39, 0.29) is 5.91 Å². The van der Waals surface area contributed by atoms with E-state index in [1.807, 2.05) is 0 Å². The molecule has 5 nitrogen and oxygen atoms in total. The van der Waals surface area contributed by atoms with Crippen molar-refractivity contribution in [1.29, 1.82) is 0 Å². The van der Waals surface area contributed by atoms with Gasteiger partial charge < -0.3 is 5.21 Å². The summed E-state index contributed by atoms with van der Waals surface area (Å²) < 4.78 is 0.